The molecule has 0 aliphatic carbocycles. The second-order valence-corrected chi connectivity index (χ2v) is 4.75. The van der Waals surface area contributed by atoms with Crippen molar-refractivity contribution in [2.45, 2.75) is 40.0 Å². The van der Waals surface area contributed by atoms with Crippen LogP contribution in [0, 0.1) is 11.3 Å². The Morgan fingerprint density at radius 3 is 2.07 bits per heavy atom. The minimum Gasteiger partial charge on any atom is -0.324 e. The molecule has 0 spiro atoms. The minimum absolute atomic E-state index is 0.0849. The Labute approximate surface area is 91.8 Å². The van der Waals surface area contributed by atoms with Gasteiger partial charge in [-0.2, -0.15) is 5.26 Å². The van der Waals surface area contributed by atoms with Crippen LogP contribution in [0.25, 0.3) is 0 Å². The Morgan fingerprint density at radius 1 is 1.40 bits per heavy atom. The molecule has 4 nitrogen and oxygen atoms in total. The number of allylic oxidation sites excluding steroid dienone is 2. The highest BCUT2D eigenvalue weighted by atomic mass is 31.2. The SMILES string of the molecule is C/C=C(/CC#N)CP(=O)(O)O.CCCC. The van der Waals surface area contributed by atoms with Crippen molar-refractivity contribution in [3.63, 3.8) is 0 Å². The Hall–Kier alpha value is -0.620. The van der Waals surface area contributed by atoms with Crippen molar-refractivity contribution < 1.29 is 14.4 Å². The molecule has 0 aliphatic rings. The van der Waals surface area contributed by atoms with Gasteiger partial charge < -0.3 is 9.79 Å². The maximum atomic E-state index is 10.4. The van der Waals surface area contributed by atoms with Crippen LogP contribution >= 0.6 is 7.60 Å². The van der Waals surface area contributed by atoms with Crippen LogP contribution in [0.3, 0.4) is 0 Å². The average Bonchev–Trinajstić information content (AvgIpc) is 2.15. The van der Waals surface area contributed by atoms with Crippen LogP contribution in [0.2, 0.25) is 0 Å². The summed E-state index contributed by atoms with van der Waals surface area (Å²) in [5, 5.41) is 8.22. The molecule has 0 atom stereocenters. The summed E-state index contributed by atoms with van der Waals surface area (Å²) in [4.78, 5) is 17.0. The monoisotopic (exact) mass is 233 g/mol. The summed E-state index contributed by atoms with van der Waals surface area (Å²) in [5.74, 6) is 0. The molecule has 0 radical (unpaired) electrons. The molecule has 0 unspecified atom stereocenters. The highest BCUT2D eigenvalue weighted by molar-refractivity contribution is 7.52. The fourth-order valence-electron chi connectivity index (χ4n) is 0.615. The first-order valence-corrected chi connectivity index (χ1v) is 6.76. The van der Waals surface area contributed by atoms with Gasteiger partial charge in [0.1, 0.15) is 0 Å². The first-order chi connectivity index (χ1) is 6.91. The van der Waals surface area contributed by atoms with Gasteiger partial charge in [0.2, 0.25) is 0 Å². The second kappa shape index (κ2) is 9.92. The van der Waals surface area contributed by atoms with E-state index < -0.39 is 7.60 Å². The van der Waals surface area contributed by atoms with Gasteiger partial charge in [0.25, 0.3) is 0 Å². The van der Waals surface area contributed by atoms with E-state index in [1.807, 2.05) is 6.07 Å². The Bertz CT molecular complexity index is 260. The van der Waals surface area contributed by atoms with Crippen LogP contribution in [0.1, 0.15) is 40.0 Å². The molecule has 0 aromatic carbocycles. The second-order valence-electron chi connectivity index (χ2n) is 3.10. The maximum absolute atomic E-state index is 10.4. The summed E-state index contributed by atoms with van der Waals surface area (Å²) in [6.07, 6.45) is 3.97. The van der Waals surface area contributed by atoms with Crippen molar-refractivity contribution >= 4 is 7.60 Å². The molecule has 5 heteroatoms. The molecule has 0 saturated heterocycles. The van der Waals surface area contributed by atoms with E-state index >= 15 is 0 Å². The van der Waals surface area contributed by atoms with Crippen LogP contribution in [0.5, 0.6) is 0 Å². The molecule has 0 rings (SSSR count). The van der Waals surface area contributed by atoms with Crippen LogP contribution < -0.4 is 0 Å². The van der Waals surface area contributed by atoms with Crippen molar-refractivity contribution in [2.75, 3.05) is 6.16 Å². The lowest BCUT2D eigenvalue weighted by molar-refractivity contribution is 0.376. The van der Waals surface area contributed by atoms with Crippen molar-refractivity contribution in [2.24, 2.45) is 0 Å². The van der Waals surface area contributed by atoms with E-state index in [-0.39, 0.29) is 12.6 Å². The van der Waals surface area contributed by atoms with Gasteiger partial charge in [-0.25, -0.2) is 0 Å². The quantitative estimate of drug-likeness (QED) is 0.577. The molecule has 0 amide bonds. The summed E-state index contributed by atoms with van der Waals surface area (Å²) in [5.41, 5.74) is 0.487. The first-order valence-electron chi connectivity index (χ1n) is 4.96. The summed E-state index contributed by atoms with van der Waals surface area (Å²) in [6, 6.07) is 1.83. The minimum atomic E-state index is -3.99. The van der Waals surface area contributed by atoms with Gasteiger partial charge in [0.15, 0.2) is 0 Å². The summed E-state index contributed by atoms with van der Waals surface area (Å²) < 4.78 is 10.4. The largest absolute Gasteiger partial charge is 0.329 e. The van der Waals surface area contributed by atoms with Gasteiger partial charge >= 0.3 is 7.60 Å². The Morgan fingerprint density at radius 2 is 1.87 bits per heavy atom. The third-order valence-corrected chi connectivity index (χ3v) is 2.44. The zero-order valence-electron chi connectivity index (χ0n) is 9.60. The van der Waals surface area contributed by atoms with Crippen molar-refractivity contribution in [1.29, 1.82) is 5.26 Å². The van der Waals surface area contributed by atoms with E-state index in [0.29, 0.717) is 5.57 Å². The zero-order valence-corrected chi connectivity index (χ0v) is 10.5. The Kier molecular flexibility index (Phi) is 11.1. The number of unbranched alkanes of at least 4 members (excludes halogenated alkanes) is 1. The van der Waals surface area contributed by atoms with Crippen molar-refractivity contribution in [1.82, 2.24) is 0 Å². The number of hydrogen-bond donors (Lipinski definition) is 2. The third kappa shape index (κ3) is 16.1. The topological polar surface area (TPSA) is 81.3 Å². The summed E-state index contributed by atoms with van der Waals surface area (Å²) >= 11 is 0. The molecule has 15 heavy (non-hydrogen) atoms. The predicted molar refractivity (Wildman–Crippen MR) is 61.5 cm³/mol. The van der Waals surface area contributed by atoms with Crippen LogP contribution in [0.15, 0.2) is 11.6 Å². The van der Waals surface area contributed by atoms with Crippen molar-refractivity contribution in [3.05, 3.63) is 11.6 Å². The number of nitrogens with zero attached hydrogens (tertiary/aromatic N) is 1. The van der Waals surface area contributed by atoms with Gasteiger partial charge in [-0.15, -0.1) is 0 Å². The molecule has 2 N–H and O–H groups in total. The van der Waals surface area contributed by atoms with E-state index in [2.05, 4.69) is 13.8 Å². The molecule has 0 aromatic heterocycles. The number of nitriles is 1. The Balaban J connectivity index is 0. The fraction of sp³-hybridized carbons (Fsp3) is 0.700. The molecular weight excluding hydrogens is 213 g/mol. The van der Waals surface area contributed by atoms with Crippen molar-refractivity contribution in [3.8, 4) is 6.07 Å². The highest BCUT2D eigenvalue weighted by Crippen LogP contribution is 2.37. The normalized spacial score (nSPS) is 11.3. The molecule has 0 heterocycles. The zero-order chi connectivity index (χ0) is 12.3. The molecule has 0 aliphatic heterocycles. The highest BCUT2D eigenvalue weighted by Gasteiger charge is 2.14. The standard InChI is InChI=1S/C6H10NO3P.C4H10/c1-2-6(3-4-7)5-11(8,9)10;1-3-4-2/h2H,3,5H2,1H3,(H2,8,9,10);3-4H2,1-2H3/b6-2-;. The maximum Gasteiger partial charge on any atom is 0.329 e. The lowest BCUT2D eigenvalue weighted by atomic mass is 10.2. The number of rotatable bonds is 4. The molecule has 0 aromatic rings. The van der Waals surface area contributed by atoms with Crippen LogP contribution in [0.4, 0.5) is 0 Å². The first kappa shape index (κ1) is 16.8. The lowest BCUT2D eigenvalue weighted by Crippen LogP contribution is -1.91. The molecule has 0 saturated carbocycles. The summed E-state index contributed by atoms with van der Waals surface area (Å²) in [7, 11) is -3.99. The van der Waals surface area contributed by atoms with Gasteiger partial charge in [-0.05, 0) is 12.5 Å². The predicted octanol–water partition coefficient (Wildman–Crippen LogP) is 2.83. The summed E-state index contributed by atoms with van der Waals surface area (Å²) in [6.45, 7) is 6.02. The molecular formula is C10H20NO3P. The van der Waals surface area contributed by atoms with E-state index in [1.165, 1.54) is 12.8 Å². The molecule has 0 fully saturated rings. The van der Waals surface area contributed by atoms with Gasteiger partial charge in [-0.3, -0.25) is 4.57 Å². The van der Waals surface area contributed by atoms with Gasteiger partial charge in [0.05, 0.1) is 18.7 Å². The number of hydrogen-bond acceptors (Lipinski definition) is 2. The average molecular weight is 233 g/mol. The van der Waals surface area contributed by atoms with E-state index in [1.54, 1.807) is 13.0 Å². The smallest absolute Gasteiger partial charge is 0.324 e. The molecule has 88 valence electrons. The molecule has 0 bridgehead atoms. The van der Waals surface area contributed by atoms with Crippen LogP contribution in [-0.2, 0) is 4.57 Å². The van der Waals surface area contributed by atoms with E-state index in [4.69, 9.17) is 15.0 Å². The lowest BCUT2D eigenvalue weighted by Gasteiger charge is -2.03. The van der Waals surface area contributed by atoms with Gasteiger partial charge in [0, 0.05) is 0 Å². The van der Waals surface area contributed by atoms with E-state index in [9.17, 15) is 4.57 Å². The van der Waals surface area contributed by atoms with Gasteiger partial charge in [-0.1, -0.05) is 32.8 Å². The fourth-order valence-corrected chi connectivity index (χ4v) is 1.44. The van der Waals surface area contributed by atoms with E-state index in [0.717, 1.165) is 0 Å². The third-order valence-electron chi connectivity index (χ3n) is 1.62. The van der Waals surface area contributed by atoms with Crippen LogP contribution in [-0.4, -0.2) is 15.9 Å².